The fourth-order valence-corrected chi connectivity index (χ4v) is 2.55. The molecule has 0 bridgehead atoms. The van der Waals surface area contributed by atoms with Crippen LogP contribution in [0.3, 0.4) is 0 Å². The lowest BCUT2D eigenvalue weighted by Gasteiger charge is -2.03. The molecule has 0 unspecified atom stereocenters. The minimum atomic E-state index is -0.453. The van der Waals surface area contributed by atoms with Gasteiger partial charge in [0.15, 0.2) is 0 Å². The number of rotatable bonds is 5. The molecule has 0 saturated carbocycles. The van der Waals surface area contributed by atoms with E-state index < -0.39 is 10.9 Å². The van der Waals surface area contributed by atoms with E-state index in [0.29, 0.717) is 40.8 Å². The SMILES string of the molecule is CC(C)CC1=CC(=Cc2ccc(-c3cccc([N+](=O)[O-])c3)o2)C(=O)O1. The van der Waals surface area contributed by atoms with Crippen LogP contribution in [0.1, 0.15) is 26.0 Å². The number of benzene rings is 1. The largest absolute Gasteiger partial charge is 0.457 e. The average molecular weight is 339 g/mol. The number of allylic oxidation sites excluding steroid dienone is 1. The Kier molecular flexibility index (Phi) is 4.52. The van der Waals surface area contributed by atoms with E-state index in [0.717, 1.165) is 0 Å². The molecule has 0 spiro atoms. The Morgan fingerprint density at radius 3 is 2.76 bits per heavy atom. The molecule has 0 radical (unpaired) electrons. The highest BCUT2D eigenvalue weighted by Crippen LogP contribution is 2.28. The highest BCUT2D eigenvalue weighted by atomic mass is 16.6. The lowest BCUT2D eigenvalue weighted by Crippen LogP contribution is -1.98. The number of hydrogen-bond donors (Lipinski definition) is 0. The first-order valence-corrected chi connectivity index (χ1v) is 7.91. The zero-order valence-corrected chi connectivity index (χ0v) is 13.9. The molecule has 1 aliphatic rings. The zero-order chi connectivity index (χ0) is 18.0. The van der Waals surface area contributed by atoms with E-state index in [9.17, 15) is 14.9 Å². The van der Waals surface area contributed by atoms with Crippen LogP contribution in [0.2, 0.25) is 0 Å². The quantitative estimate of drug-likeness (QED) is 0.340. The maximum atomic E-state index is 11.9. The van der Waals surface area contributed by atoms with Crippen LogP contribution in [0.5, 0.6) is 0 Å². The Balaban J connectivity index is 1.84. The third-order valence-corrected chi connectivity index (χ3v) is 3.65. The Morgan fingerprint density at radius 2 is 2.04 bits per heavy atom. The van der Waals surface area contributed by atoms with Crippen LogP contribution in [0.25, 0.3) is 17.4 Å². The van der Waals surface area contributed by atoms with Crippen molar-refractivity contribution in [3.8, 4) is 11.3 Å². The molecule has 1 aliphatic heterocycles. The van der Waals surface area contributed by atoms with Crippen molar-refractivity contribution in [2.24, 2.45) is 5.92 Å². The van der Waals surface area contributed by atoms with E-state index in [4.69, 9.17) is 9.15 Å². The summed E-state index contributed by atoms with van der Waals surface area (Å²) < 4.78 is 10.9. The monoisotopic (exact) mass is 339 g/mol. The van der Waals surface area contributed by atoms with Gasteiger partial charge in [-0.15, -0.1) is 0 Å². The van der Waals surface area contributed by atoms with Crippen LogP contribution in [0.15, 0.2) is 58.2 Å². The molecule has 128 valence electrons. The molecule has 1 aromatic heterocycles. The number of furan rings is 1. The zero-order valence-electron chi connectivity index (χ0n) is 13.9. The van der Waals surface area contributed by atoms with Crippen molar-refractivity contribution in [3.63, 3.8) is 0 Å². The lowest BCUT2D eigenvalue weighted by molar-refractivity contribution is -0.384. The summed E-state index contributed by atoms with van der Waals surface area (Å²) in [5.74, 6) is 1.62. The maximum Gasteiger partial charge on any atom is 0.343 e. The highest BCUT2D eigenvalue weighted by molar-refractivity contribution is 5.99. The first kappa shape index (κ1) is 16.7. The normalized spacial score (nSPS) is 15.6. The van der Waals surface area contributed by atoms with Crippen molar-refractivity contribution in [1.82, 2.24) is 0 Å². The van der Waals surface area contributed by atoms with Crippen molar-refractivity contribution in [2.45, 2.75) is 20.3 Å². The predicted octanol–water partition coefficient (Wildman–Crippen LogP) is 4.73. The Hall–Kier alpha value is -3.15. The Labute approximate surface area is 144 Å². The van der Waals surface area contributed by atoms with Gasteiger partial charge in [0.25, 0.3) is 5.69 Å². The molecular weight excluding hydrogens is 322 g/mol. The van der Waals surface area contributed by atoms with Gasteiger partial charge in [0.2, 0.25) is 0 Å². The van der Waals surface area contributed by atoms with Gasteiger partial charge in [-0.1, -0.05) is 26.0 Å². The smallest absolute Gasteiger partial charge is 0.343 e. The summed E-state index contributed by atoms with van der Waals surface area (Å²) in [5.41, 5.74) is 1.02. The average Bonchev–Trinajstić information content (AvgIpc) is 3.14. The summed E-state index contributed by atoms with van der Waals surface area (Å²) in [6.07, 6.45) is 4.02. The van der Waals surface area contributed by atoms with E-state index >= 15 is 0 Å². The van der Waals surface area contributed by atoms with Gasteiger partial charge in [-0.2, -0.15) is 0 Å². The number of nitro groups is 1. The number of ether oxygens (including phenoxy) is 1. The fourth-order valence-electron chi connectivity index (χ4n) is 2.55. The number of nitrogens with zero attached hydrogens (tertiary/aromatic N) is 1. The number of hydrogen-bond acceptors (Lipinski definition) is 5. The molecule has 0 saturated heterocycles. The molecule has 1 aromatic carbocycles. The van der Waals surface area contributed by atoms with Crippen LogP contribution in [-0.2, 0) is 9.53 Å². The summed E-state index contributed by atoms with van der Waals surface area (Å²) in [4.78, 5) is 22.3. The van der Waals surface area contributed by atoms with Gasteiger partial charge in [-0.3, -0.25) is 10.1 Å². The summed E-state index contributed by atoms with van der Waals surface area (Å²) in [5, 5.41) is 10.9. The molecule has 0 fully saturated rings. The second-order valence-electron chi connectivity index (χ2n) is 6.21. The molecule has 2 aromatic rings. The van der Waals surface area contributed by atoms with Crippen LogP contribution >= 0.6 is 0 Å². The van der Waals surface area contributed by atoms with Crippen molar-refractivity contribution in [3.05, 3.63) is 69.7 Å². The number of nitro benzene ring substituents is 1. The summed E-state index contributed by atoms with van der Waals surface area (Å²) in [7, 11) is 0. The predicted molar refractivity (Wildman–Crippen MR) is 92.4 cm³/mol. The standard InChI is InChI=1S/C19H17NO5/c1-12(2)8-17-11-14(19(21)25-17)10-16-6-7-18(24-16)13-4-3-5-15(9-13)20(22)23/h3-7,9-12H,8H2,1-2H3. The first-order chi connectivity index (χ1) is 11.9. The third kappa shape index (κ3) is 3.85. The van der Waals surface area contributed by atoms with Gasteiger partial charge in [0, 0.05) is 24.1 Å². The second kappa shape index (κ2) is 6.76. The first-order valence-electron chi connectivity index (χ1n) is 7.91. The van der Waals surface area contributed by atoms with Crippen molar-refractivity contribution < 1.29 is 18.9 Å². The number of carbonyl (C=O) groups is 1. The number of cyclic esters (lactones) is 1. The minimum absolute atomic E-state index is 0.00515. The number of esters is 1. The number of non-ortho nitro benzene ring substituents is 1. The van der Waals surface area contributed by atoms with Crippen LogP contribution in [-0.4, -0.2) is 10.9 Å². The highest BCUT2D eigenvalue weighted by Gasteiger charge is 2.21. The van der Waals surface area contributed by atoms with Gasteiger partial charge < -0.3 is 9.15 Å². The fraction of sp³-hybridized carbons (Fsp3) is 0.211. The second-order valence-corrected chi connectivity index (χ2v) is 6.21. The van der Waals surface area contributed by atoms with Crippen LogP contribution in [0.4, 0.5) is 5.69 Å². The molecular formula is C19H17NO5. The Bertz CT molecular complexity index is 889. The molecule has 0 amide bonds. The molecule has 0 aliphatic carbocycles. The van der Waals surface area contributed by atoms with Gasteiger partial charge in [-0.05, 0) is 30.2 Å². The van der Waals surface area contributed by atoms with Gasteiger partial charge in [-0.25, -0.2) is 4.79 Å². The van der Waals surface area contributed by atoms with Crippen molar-refractivity contribution >= 4 is 17.7 Å². The van der Waals surface area contributed by atoms with E-state index in [1.165, 1.54) is 12.1 Å². The van der Waals surface area contributed by atoms with Crippen LogP contribution < -0.4 is 0 Å². The molecule has 3 rings (SSSR count). The summed E-state index contributed by atoms with van der Waals surface area (Å²) >= 11 is 0. The molecule has 6 heteroatoms. The summed E-state index contributed by atoms with van der Waals surface area (Å²) in [6.45, 7) is 4.10. The molecule has 0 atom stereocenters. The summed E-state index contributed by atoms with van der Waals surface area (Å²) in [6, 6.07) is 9.62. The molecule has 25 heavy (non-hydrogen) atoms. The van der Waals surface area contributed by atoms with Crippen molar-refractivity contribution in [1.29, 1.82) is 0 Å². The van der Waals surface area contributed by atoms with Gasteiger partial charge in [0.05, 0.1) is 10.5 Å². The number of carbonyl (C=O) groups excluding carboxylic acids is 1. The van der Waals surface area contributed by atoms with E-state index in [-0.39, 0.29) is 5.69 Å². The third-order valence-electron chi connectivity index (χ3n) is 3.65. The minimum Gasteiger partial charge on any atom is -0.457 e. The van der Waals surface area contributed by atoms with E-state index in [2.05, 4.69) is 0 Å². The van der Waals surface area contributed by atoms with E-state index in [1.807, 2.05) is 13.8 Å². The lowest BCUT2D eigenvalue weighted by atomic mass is 10.1. The molecule has 2 heterocycles. The van der Waals surface area contributed by atoms with Gasteiger partial charge >= 0.3 is 5.97 Å². The van der Waals surface area contributed by atoms with E-state index in [1.54, 1.807) is 36.4 Å². The molecule has 0 N–H and O–H groups in total. The topological polar surface area (TPSA) is 82.6 Å². The van der Waals surface area contributed by atoms with Gasteiger partial charge in [0.1, 0.15) is 17.3 Å². The Morgan fingerprint density at radius 1 is 1.24 bits per heavy atom. The molecule has 6 nitrogen and oxygen atoms in total. The maximum absolute atomic E-state index is 11.9. The van der Waals surface area contributed by atoms with Crippen LogP contribution in [0, 0.1) is 16.0 Å². The van der Waals surface area contributed by atoms with Crippen molar-refractivity contribution in [2.75, 3.05) is 0 Å².